The molecule has 0 bridgehead atoms. The zero-order valence-electron chi connectivity index (χ0n) is 17.8. The molecule has 2 unspecified atom stereocenters. The van der Waals surface area contributed by atoms with Gasteiger partial charge in [-0.15, -0.1) is 11.8 Å². The first-order chi connectivity index (χ1) is 16.3. The van der Waals surface area contributed by atoms with Crippen LogP contribution in [0.4, 0.5) is 5.69 Å². The maximum absolute atomic E-state index is 6.70. The molecule has 4 aromatic carbocycles. The molecule has 0 amide bonds. The minimum Gasteiger partial charge on any atom is -0.360 e. The molecule has 3 nitrogen and oxygen atoms in total. The van der Waals surface area contributed by atoms with Gasteiger partial charge in [0.2, 0.25) is 5.72 Å². The van der Waals surface area contributed by atoms with Crippen molar-refractivity contribution in [2.45, 2.75) is 22.3 Å². The van der Waals surface area contributed by atoms with Crippen LogP contribution in [0.3, 0.4) is 0 Å². The molecule has 0 radical (unpaired) electrons. The molecule has 0 fully saturated rings. The number of hydrogen-bond donors (Lipinski definition) is 0. The zero-order valence-corrected chi connectivity index (χ0v) is 19.3. The number of amidine groups is 1. The highest BCUT2D eigenvalue weighted by molar-refractivity contribution is 7.99. The van der Waals surface area contributed by atoms with Gasteiger partial charge in [-0.25, -0.2) is 0 Å². The Morgan fingerprint density at radius 1 is 0.818 bits per heavy atom. The maximum atomic E-state index is 6.70. The quantitative estimate of drug-likeness (QED) is 0.309. The highest BCUT2D eigenvalue weighted by atomic mass is 35.5. The number of fused-ring (bicyclic) bond motifs is 3. The maximum Gasteiger partial charge on any atom is 0.242 e. The topological polar surface area (TPSA) is 24.8 Å². The van der Waals surface area contributed by atoms with E-state index in [1.54, 1.807) is 0 Å². The predicted molar refractivity (Wildman–Crippen MR) is 136 cm³/mol. The highest BCUT2D eigenvalue weighted by Gasteiger charge is 2.53. The summed E-state index contributed by atoms with van der Waals surface area (Å²) in [7, 11) is 0. The smallest absolute Gasteiger partial charge is 0.242 e. The number of anilines is 1. The van der Waals surface area contributed by atoms with Gasteiger partial charge in [-0.2, -0.15) is 0 Å². The number of thioether (sulfide) groups is 1. The Labute approximate surface area is 202 Å². The molecular weight excluding hydrogens is 448 g/mol. The number of para-hydroxylation sites is 1. The van der Waals surface area contributed by atoms with Crippen LogP contribution in [0.25, 0.3) is 0 Å². The molecule has 0 N–H and O–H groups in total. The lowest BCUT2D eigenvalue weighted by Gasteiger charge is -2.37. The van der Waals surface area contributed by atoms with Crippen molar-refractivity contribution in [3.63, 3.8) is 0 Å². The van der Waals surface area contributed by atoms with Crippen molar-refractivity contribution in [2.75, 3.05) is 4.90 Å². The van der Waals surface area contributed by atoms with E-state index in [1.807, 2.05) is 54.2 Å². The second kappa shape index (κ2) is 8.29. The van der Waals surface area contributed by atoms with Crippen LogP contribution in [0.5, 0.6) is 0 Å². The molecule has 162 valence electrons. The van der Waals surface area contributed by atoms with E-state index in [2.05, 4.69) is 71.6 Å². The van der Waals surface area contributed by atoms with Crippen molar-refractivity contribution < 1.29 is 4.84 Å². The lowest BCUT2D eigenvalue weighted by Crippen LogP contribution is -2.47. The average Bonchev–Trinajstić information content (AvgIpc) is 3.18. The summed E-state index contributed by atoms with van der Waals surface area (Å²) in [6.07, 6.45) is 0.680. The van der Waals surface area contributed by atoms with Crippen molar-refractivity contribution in [3.8, 4) is 0 Å². The van der Waals surface area contributed by atoms with Crippen LogP contribution in [-0.4, -0.2) is 5.84 Å². The van der Waals surface area contributed by atoms with Crippen LogP contribution in [0.2, 0.25) is 5.02 Å². The SMILES string of the molecule is Clc1ccccc1C1CC2(c3ccccc3)ON=C(c3ccccc3)N2c2ccccc2S1. The molecule has 2 heterocycles. The first-order valence-corrected chi connectivity index (χ1v) is 12.2. The molecule has 2 aliphatic rings. The molecule has 5 heteroatoms. The van der Waals surface area contributed by atoms with Crippen molar-refractivity contribution >= 4 is 34.9 Å². The Bertz CT molecular complexity index is 1330. The van der Waals surface area contributed by atoms with Crippen molar-refractivity contribution in [3.05, 3.63) is 131 Å². The first kappa shape index (κ1) is 20.4. The molecule has 0 saturated heterocycles. The van der Waals surface area contributed by atoms with E-state index < -0.39 is 5.72 Å². The summed E-state index contributed by atoms with van der Waals surface area (Å²) in [5, 5.41) is 5.54. The van der Waals surface area contributed by atoms with E-state index in [-0.39, 0.29) is 5.25 Å². The summed E-state index contributed by atoms with van der Waals surface area (Å²) in [6.45, 7) is 0. The van der Waals surface area contributed by atoms with Crippen LogP contribution < -0.4 is 4.90 Å². The number of benzene rings is 4. The van der Waals surface area contributed by atoms with Gasteiger partial charge < -0.3 is 4.84 Å². The first-order valence-electron chi connectivity index (χ1n) is 10.9. The number of oxime groups is 1. The third-order valence-corrected chi connectivity index (χ3v) is 7.85. The summed E-state index contributed by atoms with van der Waals surface area (Å²) in [4.78, 5) is 9.93. The third kappa shape index (κ3) is 3.41. The lowest BCUT2D eigenvalue weighted by molar-refractivity contribution is -0.0283. The average molecular weight is 469 g/mol. The lowest BCUT2D eigenvalue weighted by atomic mass is 9.92. The van der Waals surface area contributed by atoms with Gasteiger partial charge in [-0.1, -0.05) is 108 Å². The minimum atomic E-state index is -0.796. The number of halogens is 1. The fraction of sp³-hybridized carbons (Fsp3) is 0.107. The Morgan fingerprint density at radius 2 is 1.48 bits per heavy atom. The summed E-state index contributed by atoms with van der Waals surface area (Å²) in [6, 6.07) is 37.2. The van der Waals surface area contributed by atoms with Gasteiger partial charge in [0.15, 0.2) is 5.84 Å². The minimum absolute atomic E-state index is 0.0791. The summed E-state index contributed by atoms with van der Waals surface area (Å²) >= 11 is 8.53. The molecule has 6 rings (SSSR count). The van der Waals surface area contributed by atoms with Gasteiger partial charge in [0.05, 0.1) is 5.69 Å². The summed E-state index contributed by atoms with van der Waals surface area (Å²) in [5.74, 6) is 0.812. The Morgan fingerprint density at radius 3 is 2.27 bits per heavy atom. The van der Waals surface area contributed by atoms with Crippen LogP contribution in [-0.2, 0) is 10.6 Å². The van der Waals surface area contributed by atoms with E-state index in [1.165, 1.54) is 4.90 Å². The van der Waals surface area contributed by atoms with Gasteiger partial charge in [0, 0.05) is 32.7 Å². The van der Waals surface area contributed by atoms with Gasteiger partial charge in [0.25, 0.3) is 0 Å². The second-order valence-electron chi connectivity index (χ2n) is 8.16. The van der Waals surface area contributed by atoms with Crippen LogP contribution >= 0.6 is 23.4 Å². The van der Waals surface area contributed by atoms with Gasteiger partial charge >= 0.3 is 0 Å². The fourth-order valence-electron chi connectivity index (χ4n) is 4.67. The van der Waals surface area contributed by atoms with Crippen LogP contribution in [0.15, 0.2) is 119 Å². The van der Waals surface area contributed by atoms with Gasteiger partial charge in [-0.05, 0) is 23.8 Å². The van der Waals surface area contributed by atoms with E-state index >= 15 is 0 Å². The van der Waals surface area contributed by atoms with Gasteiger partial charge in [-0.3, -0.25) is 4.90 Å². The fourth-order valence-corrected chi connectivity index (χ4v) is 6.39. The largest absolute Gasteiger partial charge is 0.360 e. The Kier molecular flexibility index (Phi) is 5.12. The van der Waals surface area contributed by atoms with E-state index in [0.717, 1.165) is 33.2 Å². The van der Waals surface area contributed by atoms with Crippen LogP contribution in [0, 0.1) is 0 Å². The normalized spacial score (nSPS) is 21.4. The summed E-state index contributed by atoms with van der Waals surface area (Å²) in [5.41, 5.74) is 3.48. The monoisotopic (exact) mass is 468 g/mol. The Hall–Kier alpha value is -3.21. The molecule has 2 atom stereocenters. The highest BCUT2D eigenvalue weighted by Crippen LogP contribution is 2.56. The molecule has 0 spiro atoms. The number of nitrogens with zero attached hydrogens (tertiary/aromatic N) is 2. The number of rotatable bonds is 3. The van der Waals surface area contributed by atoms with Crippen LogP contribution in [0.1, 0.15) is 28.4 Å². The van der Waals surface area contributed by atoms with Crippen molar-refractivity contribution in [1.82, 2.24) is 0 Å². The van der Waals surface area contributed by atoms with E-state index in [0.29, 0.717) is 6.42 Å². The van der Waals surface area contributed by atoms with E-state index in [4.69, 9.17) is 21.6 Å². The Balaban J connectivity index is 1.59. The van der Waals surface area contributed by atoms with Crippen molar-refractivity contribution in [2.24, 2.45) is 5.16 Å². The van der Waals surface area contributed by atoms with Gasteiger partial charge in [0.1, 0.15) is 0 Å². The predicted octanol–water partition coefficient (Wildman–Crippen LogP) is 7.63. The zero-order chi connectivity index (χ0) is 22.3. The summed E-state index contributed by atoms with van der Waals surface area (Å²) < 4.78 is 0. The molecule has 33 heavy (non-hydrogen) atoms. The standard InChI is InChI=1S/C28H21ClN2OS/c29-23-16-8-7-15-22(23)26-19-28(21-13-5-2-6-14-21)31(24-17-9-10-18-25(24)33-26)27(30-32-28)20-11-3-1-4-12-20/h1-18,26H,19H2. The molecule has 4 aromatic rings. The molecule has 0 saturated carbocycles. The van der Waals surface area contributed by atoms with E-state index in [9.17, 15) is 0 Å². The third-order valence-electron chi connectivity index (χ3n) is 6.20. The van der Waals surface area contributed by atoms with Crippen molar-refractivity contribution in [1.29, 1.82) is 0 Å². The molecule has 0 aromatic heterocycles. The molecule has 2 aliphatic heterocycles. The second-order valence-corrected chi connectivity index (χ2v) is 9.81. The molecule has 0 aliphatic carbocycles. The number of hydrogen-bond acceptors (Lipinski definition) is 4. The molecular formula is C28H21ClN2OS.